The molecule has 0 radical (unpaired) electrons. The second-order valence-corrected chi connectivity index (χ2v) is 7.39. The number of carbonyl (C=O) groups excluding carboxylic acids is 1. The van der Waals surface area contributed by atoms with Gasteiger partial charge in [0.15, 0.2) is 0 Å². The van der Waals surface area contributed by atoms with Crippen molar-refractivity contribution in [3.63, 3.8) is 0 Å². The van der Waals surface area contributed by atoms with Crippen LogP contribution in [-0.4, -0.2) is 5.97 Å². The van der Waals surface area contributed by atoms with Gasteiger partial charge in [0.25, 0.3) is 0 Å². The Morgan fingerprint density at radius 2 is 1.96 bits per heavy atom. The maximum atomic E-state index is 12.1. The average molecular weight is 356 g/mol. The number of carbonyl (C=O) groups is 1. The summed E-state index contributed by atoms with van der Waals surface area (Å²) < 4.78 is 0. The zero-order valence-corrected chi connectivity index (χ0v) is 15.7. The summed E-state index contributed by atoms with van der Waals surface area (Å²) in [5.74, 6) is -0.236. The third-order valence-electron chi connectivity index (χ3n) is 4.52. The van der Waals surface area contributed by atoms with Gasteiger partial charge in [0, 0.05) is 11.3 Å². The number of nitrogens with zero attached hydrogens (tertiary/aromatic N) is 1. The van der Waals surface area contributed by atoms with Crippen LogP contribution in [0.15, 0.2) is 47.8 Å². The lowest BCUT2D eigenvalue weighted by Crippen LogP contribution is -2.31. The number of thiophene rings is 1. The number of benzene rings is 1. The van der Waals surface area contributed by atoms with Crippen molar-refractivity contribution in [1.82, 2.24) is 5.48 Å². The molecule has 0 amide bonds. The molecule has 5 heteroatoms. The first-order chi connectivity index (χ1) is 12.0. The van der Waals surface area contributed by atoms with Gasteiger partial charge < -0.3 is 4.84 Å². The Morgan fingerprint density at radius 3 is 2.52 bits per heavy atom. The van der Waals surface area contributed by atoms with Crippen molar-refractivity contribution in [2.24, 2.45) is 5.92 Å². The van der Waals surface area contributed by atoms with E-state index in [1.807, 2.05) is 68.6 Å². The van der Waals surface area contributed by atoms with Gasteiger partial charge in [-0.25, -0.2) is 0 Å². The van der Waals surface area contributed by atoms with Gasteiger partial charge >= 0.3 is 5.97 Å². The van der Waals surface area contributed by atoms with Gasteiger partial charge in [0.2, 0.25) is 0 Å². The first-order valence-electron chi connectivity index (χ1n) is 8.45. The van der Waals surface area contributed by atoms with E-state index >= 15 is 0 Å². The molecule has 25 heavy (non-hydrogen) atoms. The molecule has 0 aliphatic carbocycles. The smallest absolute Gasteiger partial charge is 0.324 e. The van der Waals surface area contributed by atoms with Crippen molar-refractivity contribution in [2.45, 2.75) is 45.1 Å². The lowest BCUT2D eigenvalue weighted by Gasteiger charge is -2.29. The van der Waals surface area contributed by atoms with Crippen molar-refractivity contribution >= 4 is 17.3 Å². The van der Waals surface area contributed by atoms with Gasteiger partial charge in [-0.1, -0.05) is 50.2 Å². The van der Waals surface area contributed by atoms with Crippen LogP contribution < -0.4 is 5.48 Å². The molecule has 132 valence electrons. The topological polar surface area (TPSA) is 62.1 Å². The quantitative estimate of drug-likeness (QED) is 0.693. The summed E-state index contributed by atoms with van der Waals surface area (Å²) in [6, 6.07) is 16.0. The van der Waals surface area contributed by atoms with Gasteiger partial charge in [0.05, 0.1) is 17.5 Å². The van der Waals surface area contributed by atoms with Crippen molar-refractivity contribution in [2.75, 3.05) is 0 Å². The fourth-order valence-corrected chi connectivity index (χ4v) is 3.84. The van der Waals surface area contributed by atoms with Crippen LogP contribution in [0.25, 0.3) is 0 Å². The van der Waals surface area contributed by atoms with Gasteiger partial charge in [-0.15, -0.1) is 16.8 Å². The average Bonchev–Trinajstić information content (AvgIpc) is 3.16. The van der Waals surface area contributed by atoms with E-state index in [9.17, 15) is 10.1 Å². The van der Waals surface area contributed by atoms with Crippen LogP contribution in [0.3, 0.4) is 0 Å². The minimum Gasteiger partial charge on any atom is -0.370 e. The summed E-state index contributed by atoms with van der Waals surface area (Å²) in [5.41, 5.74) is 3.18. The van der Waals surface area contributed by atoms with E-state index in [0.717, 1.165) is 10.4 Å². The van der Waals surface area contributed by atoms with E-state index in [1.54, 1.807) is 11.3 Å². The predicted octanol–water partition coefficient (Wildman–Crippen LogP) is 4.75. The van der Waals surface area contributed by atoms with E-state index in [4.69, 9.17) is 4.84 Å². The van der Waals surface area contributed by atoms with Gasteiger partial charge in [-0.3, -0.25) is 4.79 Å². The number of nitriles is 1. The van der Waals surface area contributed by atoms with Crippen molar-refractivity contribution in [3.05, 3.63) is 58.3 Å². The number of hydrogen-bond donors (Lipinski definition) is 1. The minimum atomic E-state index is -0.655. The summed E-state index contributed by atoms with van der Waals surface area (Å²) >= 11 is 1.56. The molecule has 2 aromatic rings. The highest BCUT2D eigenvalue weighted by Gasteiger charge is 2.37. The maximum Gasteiger partial charge on any atom is 0.324 e. The van der Waals surface area contributed by atoms with E-state index < -0.39 is 5.41 Å². The third-order valence-corrected chi connectivity index (χ3v) is 5.57. The fourth-order valence-electron chi connectivity index (χ4n) is 2.78. The fraction of sp³-hybridized carbons (Fsp3) is 0.400. The molecule has 2 atom stereocenters. The maximum absolute atomic E-state index is 12.1. The first-order valence-corrected chi connectivity index (χ1v) is 9.33. The lowest BCUT2D eigenvalue weighted by molar-refractivity contribution is -0.153. The first kappa shape index (κ1) is 19.2. The summed E-state index contributed by atoms with van der Waals surface area (Å²) in [6.07, 6.45) is 0.639. The molecule has 1 aromatic heterocycles. The standard InChI is InChI=1S/C20H24N2O2S/c1-15(2)20(14-21,18-10-7-13-25-18)12-11-19(23)24-22-16(3)17-8-5-4-6-9-17/h4-10,13,15-16,22H,11-12H2,1-3H3/t16-,20+/m0/s1. The monoisotopic (exact) mass is 356 g/mol. The molecule has 1 N–H and O–H groups in total. The number of nitrogens with one attached hydrogen (secondary N) is 1. The molecule has 0 spiro atoms. The van der Waals surface area contributed by atoms with Crippen LogP contribution in [0.5, 0.6) is 0 Å². The second-order valence-electron chi connectivity index (χ2n) is 6.44. The zero-order valence-electron chi connectivity index (χ0n) is 14.9. The Balaban J connectivity index is 1.93. The van der Waals surface area contributed by atoms with Crippen LogP contribution in [0.2, 0.25) is 0 Å². The van der Waals surface area contributed by atoms with Crippen molar-refractivity contribution < 1.29 is 9.63 Å². The molecule has 0 saturated carbocycles. The lowest BCUT2D eigenvalue weighted by atomic mass is 9.74. The van der Waals surface area contributed by atoms with Crippen LogP contribution in [0.4, 0.5) is 0 Å². The van der Waals surface area contributed by atoms with E-state index in [2.05, 4.69) is 11.5 Å². The Hall–Kier alpha value is -2.16. The molecular formula is C20H24N2O2S. The SMILES string of the molecule is CC(C)[C@](C#N)(CCC(=O)ON[C@@H](C)c1ccccc1)c1cccs1. The Labute approximate surface area is 153 Å². The number of rotatable bonds is 8. The van der Waals surface area contributed by atoms with E-state index in [1.165, 1.54) is 0 Å². The summed E-state index contributed by atoms with van der Waals surface area (Å²) in [6.45, 7) is 5.97. The highest BCUT2D eigenvalue weighted by atomic mass is 32.1. The number of hydrogen-bond acceptors (Lipinski definition) is 5. The Kier molecular flexibility index (Phi) is 6.74. The van der Waals surface area contributed by atoms with Crippen LogP contribution in [0.1, 0.15) is 50.1 Å². The molecular weight excluding hydrogens is 332 g/mol. The largest absolute Gasteiger partial charge is 0.370 e. The molecule has 0 saturated heterocycles. The second kappa shape index (κ2) is 8.80. The summed E-state index contributed by atoms with van der Waals surface area (Å²) in [4.78, 5) is 18.3. The Morgan fingerprint density at radius 1 is 1.24 bits per heavy atom. The van der Waals surface area contributed by atoms with Gasteiger partial charge in [0.1, 0.15) is 0 Å². The minimum absolute atomic E-state index is 0.0896. The van der Waals surface area contributed by atoms with Crippen LogP contribution >= 0.6 is 11.3 Å². The molecule has 0 aliphatic heterocycles. The van der Waals surface area contributed by atoms with E-state index in [-0.39, 0.29) is 24.3 Å². The van der Waals surface area contributed by atoms with Gasteiger partial charge in [-0.05, 0) is 36.3 Å². The highest BCUT2D eigenvalue weighted by Crippen LogP contribution is 2.39. The summed E-state index contributed by atoms with van der Waals surface area (Å²) in [5, 5.41) is 11.8. The molecule has 1 aromatic carbocycles. The third kappa shape index (κ3) is 4.68. The van der Waals surface area contributed by atoms with Crippen molar-refractivity contribution in [3.8, 4) is 6.07 Å². The number of hydroxylamine groups is 1. The molecule has 1 heterocycles. The van der Waals surface area contributed by atoms with Crippen LogP contribution in [-0.2, 0) is 15.0 Å². The molecule has 0 unspecified atom stereocenters. The zero-order chi connectivity index (χ0) is 18.3. The predicted molar refractivity (Wildman–Crippen MR) is 99.8 cm³/mol. The molecule has 0 aliphatic rings. The highest BCUT2D eigenvalue weighted by molar-refractivity contribution is 7.10. The van der Waals surface area contributed by atoms with E-state index in [0.29, 0.717) is 6.42 Å². The molecule has 0 bridgehead atoms. The Bertz CT molecular complexity index is 707. The summed E-state index contributed by atoms with van der Waals surface area (Å²) in [7, 11) is 0. The van der Waals surface area contributed by atoms with Crippen LogP contribution in [0, 0.1) is 17.2 Å². The molecule has 0 fully saturated rings. The van der Waals surface area contributed by atoms with Gasteiger partial charge in [-0.2, -0.15) is 5.26 Å². The molecule has 2 rings (SSSR count). The van der Waals surface area contributed by atoms with Crippen molar-refractivity contribution in [1.29, 1.82) is 5.26 Å². The normalized spacial score (nSPS) is 14.5. The molecule has 4 nitrogen and oxygen atoms in total.